The Kier molecular flexibility index (Phi) is 9.99. The third-order valence-corrected chi connectivity index (χ3v) is 14.8. The molecule has 0 saturated heterocycles. The van der Waals surface area contributed by atoms with Crippen LogP contribution >= 0.6 is 0 Å². The number of fused-ring (bicyclic) bond motifs is 8. The van der Waals surface area contributed by atoms with E-state index in [1.807, 2.05) is 0 Å². The van der Waals surface area contributed by atoms with E-state index in [-0.39, 0.29) is 5.41 Å². The van der Waals surface area contributed by atoms with Gasteiger partial charge in [-0.25, -0.2) is 0 Å². The summed E-state index contributed by atoms with van der Waals surface area (Å²) in [4.78, 5) is 4.72. The van der Waals surface area contributed by atoms with Crippen LogP contribution in [0.2, 0.25) is 0 Å². The highest BCUT2D eigenvalue weighted by atomic mass is 15.2. The van der Waals surface area contributed by atoms with Crippen LogP contribution in [0.25, 0.3) is 66.9 Å². The van der Waals surface area contributed by atoms with Gasteiger partial charge in [-0.1, -0.05) is 159 Å². The number of hydrogen-bond acceptors (Lipinski definition) is 2. The number of aryl methyl sites for hydroxylation is 1. The SMILES string of the molecule is CC1(C)c2ccccc2-c2ccc(N(c3ccc(-c4ccc(-c5ccc6c(c5)c5c7c(ccc5n6-c5ccccc5)CCC=C7)cc4)cc3)c3ccc(N(c4ccccc4)c4ccccc4)cc3)cc21. The number of allylic oxidation sites excluding steroid dienone is 1. The molecule has 3 nitrogen and oxygen atoms in total. The van der Waals surface area contributed by atoms with Crippen molar-refractivity contribution < 1.29 is 0 Å². The average Bonchev–Trinajstić information content (AvgIpc) is 3.88. The predicted molar refractivity (Wildman–Crippen MR) is 296 cm³/mol. The minimum Gasteiger partial charge on any atom is -0.311 e. The monoisotopic (exact) mass is 897 g/mol. The smallest absolute Gasteiger partial charge is 0.0547 e. The molecule has 0 amide bonds. The van der Waals surface area contributed by atoms with E-state index in [0.29, 0.717) is 0 Å². The normalized spacial score (nSPS) is 13.2. The van der Waals surface area contributed by atoms with Crippen molar-refractivity contribution in [2.75, 3.05) is 9.80 Å². The molecular formula is C67H51N3. The Morgan fingerprint density at radius 2 is 0.886 bits per heavy atom. The molecule has 11 aromatic rings. The Morgan fingerprint density at radius 1 is 0.400 bits per heavy atom. The summed E-state index contributed by atoms with van der Waals surface area (Å²) in [6, 6.07) is 86.8. The zero-order valence-electron chi connectivity index (χ0n) is 39.4. The molecule has 2 aliphatic rings. The van der Waals surface area contributed by atoms with Crippen molar-refractivity contribution in [3.63, 3.8) is 0 Å². The summed E-state index contributed by atoms with van der Waals surface area (Å²) in [7, 11) is 0. The quantitative estimate of drug-likeness (QED) is 0.143. The maximum absolute atomic E-state index is 2.43. The van der Waals surface area contributed by atoms with Gasteiger partial charge in [-0.3, -0.25) is 0 Å². The van der Waals surface area contributed by atoms with Crippen molar-refractivity contribution in [3.8, 4) is 39.1 Å². The summed E-state index contributed by atoms with van der Waals surface area (Å²) < 4.78 is 2.43. The molecule has 1 heterocycles. The standard InChI is InChI=1S/C67H51N3/c1-67(2)62-25-15-14-24-59(62)60-41-40-57(45-63(60)67)69(56-38-36-55(37-39-56)68(51-17-6-3-7-18-51)52-19-8-4-9-20-52)54-34-30-47(31-35-54)46-26-28-48(29-27-46)50-33-42-64-61(44-50)66-58-23-13-12-16-49(58)32-43-65(66)70(64)53-21-10-5-11-22-53/h3-11,13-15,17-45H,12,16H2,1-2H3. The first-order valence-corrected chi connectivity index (χ1v) is 24.6. The van der Waals surface area contributed by atoms with Gasteiger partial charge in [0.05, 0.1) is 11.0 Å². The van der Waals surface area contributed by atoms with Gasteiger partial charge >= 0.3 is 0 Å². The molecule has 2 aliphatic carbocycles. The molecule has 0 radical (unpaired) electrons. The van der Waals surface area contributed by atoms with Crippen molar-refractivity contribution in [1.82, 2.24) is 4.57 Å². The van der Waals surface area contributed by atoms with Crippen LogP contribution in [0.3, 0.4) is 0 Å². The lowest BCUT2D eigenvalue weighted by Crippen LogP contribution is -2.16. The van der Waals surface area contributed by atoms with Crippen LogP contribution in [0, 0.1) is 0 Å². The zero-order valence-corrected chi connectivity index (χ0v) is 39.4. The van der Waals surface area contributed by atoms with Crippen LogP contribution in [0.4, 0.5) is 34.1 Å². The largest absolute Gasteiger partial charge is 0.311 e. The molecule has 0 N–H and O–H groups in total. The van der Waals surface area contributed by atoms with Crippen molar-refractivity contribution in [1.29, 1.82) is 0 Å². The number of para-hydroxylation sites is 3. The van der Waals surface area contributed by atoms with E-state index in [4.69, 9.17) is 0 Å². The molecule has 0 aliphatic heterocycles. The van der Waals surface area contributed by atoms with Crippen molar-refractivity contribution >= 4 is 62.0 Å². The minimum atomic E-state index is -0.122. The Balaban J connectivity index is 0.858. The van der Waals surface area contributed by atoms with E-state index in [2.05, 4.69) is 277 Å². The van der Waals surface area contributed by atoms with Crippen LogP contribution in [0.5, 0.6) is 0 Å². The van der Waals surface area contributed by atoms with Gasteiger partial charge in [0, 0.05) is 56.0 Å². The Labute approximate surface area is 410 Å². The summed E-state index contributed by atoms with van der Waals surface area (Å²) in [6.45, 7) is 4.71. The Bertz CT molecular complexity index is 3710. The van der Waals surface area contributed by atoms with Gasteiger partial charge in [0.2, 0.25) is 0 Å². The van der Waals surface area contributed by atoms with Gasteiger partial charge in [-0.15, -0.1) is 0 Å². The Morgan fingerprint density at radius 3 is 1.54 bits per heavy atom. The summed E-state index contributed by atoms with van der Waals surface area (Å²) in [5, 5.41) is 2.63. The molecule has 3 heteroatoms. The van der Waals surface area contributed by atoms with Crippen LogP contribution < -0.4 is 9.80 Å². The van der Waals surface area contributed by atoms with E-state index < -0.39 is 0 Å². The highest BCUT2D eigenvalue weighted by molar-refractivity contribution is 6.14. The number of benzene rings is 10. The molecule has 0 bridgehead atoms. The van der Waals surface area contributed by atoms with E-state index in [1.54, 1.807) is 0 Å². The van der Waals surface area contributed by atoms with Crippen molar-refractivity contribution in [3.05, 3.63) is 265 Å². The molecule has 13 rings (SSSR count). The highest BCUT2D eigenvalue weighted by Gasteiger charge is 2.36. The molecule has 0 spiro atoms. The summed E-state index contributed by atoms with van der Waals surface area (Å²) in [5.41, 5.74) is 23.1. The first kappa shape index (κ1) is 41.5. The van der Waals surface area contributed by atoms with Crippen molar-refractivity contribution in [2.24, 2.45) is 0 Å². The second-order valence-corrected chi connectivity index (χ2v) is 19.3. The molecule has 1 aromatic heterocycles. The average molecular weight is 898 g/mol. The number of nitrogens with zero attached hydrogens (tertiary/aromatic N) is 3. The van der Waals surface area contributed by atoms with Crippen LogP contribution in [-0.4, -0.2) is 4.57 Å². The molecule has 334 valence electrons. The third kappa shape index (κ3) is 6.96. The molecular weight excluding hydrogens is 847 g/mol. The molecule has 10 aromatic carbocycles. The molecule has 0 fully saturated rings. The van der Waals surface area contributed by atoms with Crippen LogP contribution in [0.15, 0.2) is 243 Å². The van der Waals surface area contributed by atoms with Gasteiger partial charge in [0.1, 0.15) is 0 Å². The summed E-state index contributed by atoms with van der Waals surface area (Å²) >= 11 is 0. The van der Waals surface area contributed by atoms with Crippen LogP contribution in [0.1, 0.15) is 42.5 Å². The highest BCUT2D eigenvalue weighted by Crippen LogP contribution is 2.51. The third-order valence-electron chi connectivity index (χ3n) is 14.8. The number of rotatable bonds is 9. The second-order valence-electron chi connectivity index (χ2n) is 19.3. The molecule has 0 saturated carbocycles. The van der Waals surface area contributed by atoms with Gasteiger partial charge in [-0.05, 0) is 172 Å². The van der Waals surface area contributed by atoms with E-state index in [1.165, 1.54) is 83.1 Å². The zero-order chi connectivity index (χ0) is 46.8. The number of hydrogen-bond donors (Lipinski definition) is 0. The minimum absolute atomic E-state index is 0.122. The van der Waals surface area contributed by atoms with E-state index in [9.17, 15) is 0 Å². The maximum Gasteiger partial charge on any atom is 0.0547 e. The maximum atomic E-state index is 2.43. The molecule has 0 atom stereocenters. The Hall–Kier alpha value is -8.66. The van der Waals surface area contributed by atoms with Gasteiger partial charge in [0.15, 0.2) is 0 Å². The number of anilines is 6. The van der Waals surface area contributed by atoms with E-state index >= 15 is 0 Å². The fourth-order valence-electron chi connectivity index (χ4n) is 11.4. The fraction of sp³-hybridized carbons (Fsp3) is 0.0746. The first-order valence-electron chi connectivity index (χ1n) is 24.6. The summed E-state index contributed by atoms with van der Waals surface area (Å²) in [5.74, 6) is 0. The fourth-order valence-corrected chi connectivity index (χ4v) is 11.4. The first-order chi connectivity index (χ1) is 34.5. The van der Waals surface area contributed by atoms with Crippen LogP contribution in [-0.2, 0) is 11.8 Å². The van der Waals surface area contributed by atoms with Gasteiger partial charge in [-0.2, -0.15) is 0 Å². The molecule has 0 unspecified atom stereocenters. The topological polar surface area (TPSA) is 11.4 Å². The van der Waals surface area contributed by atoms with E-state index in [0.717, 1.165) is 47.0 Å². The predicted octanol–water partition coefficient (Wildman–Crippen LogP) is 18.3. The van der Waals surface area contributed by atoms with Gasteiger partial charge < -0.3 is 14.4 Å². The molecule has 70 heavy (non-hydrogen) atoms. The van der Waals surface area contributed by atoms with Gasteiger partial charge in [0.25, 0.3) is 0 Å². The lowest BCUT2D eigenvalue weighted by molar-refractivity contribution is 0.660. The number of aromatic nitrogens is 1. The van der Waals surface area contributed by atoms with Crippen molar-refractivity contribution in [2.45, 2.75) is 32.1 Å². The summed E-state index contributed by atoms with van der Waals surface area (Å²) in [6.07, 6.45) is 6.85. The second kappa shape index (κ2) is 16.8. The lowest BCUT2D eigenvalue weighted by Gasteiger charge is -2.29. The lowest BCUT2D eigenvalue weighted by atomic mass is 9.82.